The molecule has 82 valence electrons. The molecule has 0 saturated carbocycles. The number of rotatable bonds is 3. The van der Waals surface area contributed by atoms with Crippen LogP contribution >= 0.6 is 0 Å². The zero-order chi connectivity index (χ0) is 10.2. The van der Waals surface area contributed by atoms with Crippen molar-refractivity contribution in [2.45, 2.75) is 6.92 Å². The summed E-state index contributed by atoms with van der Waals surface area (Å²) >= 11 is 0. The minimum absolute atomic E-state index is 0.465. The highest BCUT2D eigenvalue weighted by atomic mass is 32.2. The molecule has 6 heteroatoms. The average Bonchev–Trinajstić information content (AvgIpc) is 2.60. The summed E-state index contributed by atoms with van der Waals surface area (Å²) in [4.78, 5) is 0. The first-order valence-electron chi connectivity index (χ1n) is 5.09. The highest BCUT2D eigenvalue weighted by molar-refractivity contribution is 7.87. The maximum absolute atomic E-state index is 11.7. The topological polar surface area (TPSA) is 61.4 Å². The summed E-state index contributed by atoms with van der Waals surface area (Å²) < 4.78 is 27.4. The van der Waals surface area contributed by atoms with Crippen LogP contribution in [0.4, 0.5) is 0 Å². The van der Waals surface area contributed by atoms with Crippen LogP contribution in [-0.2, 0) is 10.2 Å². The molecule has 0 aromatic heterocycles. The lowest BCUT2D eigenvalue weighted by atomic mass is 10.0. The first-order valence-corrected chi connectivity index (χ1v) is 6.53. The summed E-state index contributed by atoms with van der Waals surface area (Å²) in [6.07, 6.45) is 0. The monoisotopic (exact) mass is 219 g/mol. The Labute approximate surface area is 85.0 Å². The third-order valence-corrected chi connectivity index (χ3v) is 4.65. The van der Waals surface area contributed by atoms with Crippen LogP contribution in [-0.4, -0.2) is 45.4 Å². The van der Waals surface area contributed by atoms with Crippen LogP contribution < -0.4 is 10.0 Å². The minimum atomic E-state index is -3.20. The van der Waals surface area contributed by atoms with Crippen molar-refractivity contribution in [2.24, 2.45) is 11.8 Å². The molecule has 0 spiro atoms. The standard InChI is InChI=1S/C8H17N3O2S/c1-2-10-14(12,13)11-5-7-3-9-4-8(7)6-11/h7-10H,2-6H2,1H3/t7-,8+. The Bertz CT molecular complexity index is 292. The number of hydrogen-bond donors (Lipinski definition) is 2. The van der Waals surface area contributed by atoms with E-state index in [0.717, 1.165) is 13.1 Å². The molecule has 14 heavy (non-hydrogen) atoms. The second-order valence-corrected chi connectivity index (χ2v) is 5.75. The summed E-state index contributed by atoms with van der Waals surface area (Å²) in [7, 11) is -3.20. The second kappa shape index (κ2) is 3.77. The Morgan fingerprint density at radius 3 is 2.43 bits per heavy atom. The van der Waals surface area contributed by atoms with Crippen molar-refractivity contribution in [2.75, 3.05) is 32.7 Å². The maximum Gasteiger partial charge on any atom is 0.279 e. The van der Waals surface area contributed by atoms with Gasteiger partial charge in [0, 0.05) is 19.6 Å². The fourth-order valence-corrected chi connectivity index (χ4v) is 3.61. The van der Waals surface area contributed by atoms with Crippen LogP contribution in [0.15, 0.2) is 0 Å². The van der Waals surface area contributed by atoms with Gasteiger partial charge < -0.3 is 5.32 Å². The molecule has 2 N–H and O–H groups in total. The molecule has 2 rings (SSSR count). The van der Waals surface area contributed by atoms with Gasteiger partial charge in [0.25, 0.3) is 10.2 Å². The second-order valence-electron chi connectivity index (χ2n) is 4.00. The minimum Gasteiger partial charge on any atom is -0.316 e. The fraction of sp³-hybridized carbons (Fsp3) is 1.00. The van der Waals surface area contributed by atoms with Crippen LogP contribution in [0.1, 0.15) is 6.92 Å². The molecule has 2 aliphatic heterocycles. The van der Waals surface area contributed by atoms with Gasteiger partial charge in [0.2, 0.25) is 0 Å². The number of nitrogens with one attached hydrogen (secondary N) is 2. The van der Waals surface area contributed by atoms with Crippen molar-refractivity contribution in [3.05, 3.63) is 0 Å². The summed E-state index contributed by atoms with van der Waals surface area (Å²) in [6.45, 7) is 5.54. The van der Waals surface area contributed by atoms with E-state index in [9.17, 15) is 8.42 Å². The van der Waals surface area contributed by atoms with Gasteiger partial charge in [0.05, 0.1) is 0 Å². The molecule has 0 aromatic carbocycles. The van der Waals surface area contributed by atoms with Crippen LogP contribution in [0.5, 0.6) is 0 Å². The Morgan fingerprint density at radius 1 is 1.36 bits per heavy atom. The predicted octanol–water partition coefficient (Wildman–Crippen LogP) is -1.01. The first kappa shape index (κ1) is 10.4. The van der Waals surface area contributed by atoms with Crippen molar-refractivity contribution < 1.29 is 8.42 Å². The predicted molar refractivity (Wildman–Crippen MR) is 54.0 cm³/mol. The zero-order valence-electron chi connectivity index (χ0n) is 8.36. The number of hydrogen-bond acceptors (Lipinski definition) is 3. The lowest BCUT2D eigenvalue weighted by molar-refractivity contribution is 0.439. The summed E-state index contributed by atoms with van der Waals surface area (Å²) in [5, 5.41) is 3.29. The van der Waals surface area contributed by atoms with Crippen molar-refractivity contribution in [3.63, 3.8) is 0 Å². The van der Waals surface area contributed by atoms with Gasteiger partial charge in [-0.3, -0.25) is 0 Å². The molecule has 2 fully saturated rings. The van der Waals surface area contributed by atoms with Gasteiger partial charge in [0.15, 0.2) is 0 Å². The lowest BCUT2D eigenvalue weighted by Crippen LogP contribution is -2.40. The Hall–Kier alpha value is -0.170. The molecule has 0 aromatic rings. The van der Waals surface area contributed by atoms with E-state index in [0.29, 0.717) is 31.5 Å². The molecule has 5 nitrogen and oxygen atoms in total. The SMILES string of the molecule is CCNS(=O)(=O)N1C[C@H]2CNC[C@H]2C1. The third-order valence-electron chi connectivity index (χ3n) is 3.02. The third kappa shape index (κ3) is 1.79. The van der Waals surface area contributed by atoms with Crippen molar-refractivity contribution in [1.29, 1.82) is 0 Å². The van der Waals surface area contributed by atoms with Gasteiger partial charge in [-0.05, 0) is 24.9 Å². The molecule has 2 saturated heterocycles. The summed E-state index contributed by atoms with van der Waals surface area (Å²) in [6, 6.07) is 0. The van der Waals surface area contributed by atoms with E-state index in [1.807, 2.05) is 0 Å². The molecule has 0 unspecified atom stereocenters. The van der Waals surface area contributed by atoms with Crippen molar-refractivity contribution >= 4 is 10.2 Å². The van der Waals surface area contributed by atoms with E-state index < -0.39 is 10.2 Å². The Kier molecular flexibility index (Phi) is 2.79. The lowest BCUT2D eigenvalue weighted by Gasteiger charge is -2.16. The van der Waals surface area contributed by atoms with E-state index in [1.54, 1.807) is 11.2 Å². The van der Waals surface area contributed by atoms with Crippen molar-refractivity contribution in [3.8, 4) is 0 Å². The largest absolute Gasteiger partial charge is 0.316 e. The average molecular weight is 219 g/mol. The normalized spacial score (nSPS) is 33.5. The molecule has 2 atom stereocenters. The molecule has 2 heterocycles. The molecular formula is C8H17N3O2S. The highest BCUT2D eigenvalue weighted by Gasteiger charge is 2.40. The van der Waals surface area contributed by atoms with Crippen LogP contribution in [0.3, 0.4) is 0 Å². The molecule has 0 radical (unpaired) electrons. The number of fused-ring (bicyclic) bond motifs is 1. The Morgan fingerprint density at radius 2 is 1.93 bits per heavy atom. The van der Waals surface area contributed by atoms with E-state index in [-0.39, 0.29) is 0 Å². The molecular weight excluding hydrogens is 202 g/mol. The van der Waals surface area contributed by atoms with Gasteiger partial charge in [-0.1, -0.05) is 6.92 Å². The number of nitrogens with zero attached hydrogens (tertiary/aromatic N) is 1. The highest BCUT2D eigenvalue weighted by Crippen LogP contribution is 2.27. The maximum atomic E-state index is 11.7. The molecule has 0 amide bonds. The Balaban J connectivity index is 2.02. The summed E-state index contributed by atoms with van der Waals surface area (Å²) in [5.74, 6) is 1.03. The first-order chi connectivity index (χ1) is 6.63. The van der Waals surface area contributed by atoms with Gasteiger partial charge in [-0.25, -0.2) is 4.72 Å². The smallest absolute Gasteiger partial charge is 0.279 e. The van der Waals surface area contributed by atoms with Crippen LogP contribution in [0.2, 0.25) is 0 Å². The van der Waals surface area contributed by atoms with Gasteiger partial charge in [-0.2, -0.15) is 12.7 Å². The van der Waals surface area contributed by atoms with E-state index in [1.165, 1.54) is 0 Å². The fourth-order valence-electron chi connectivity index (χ4n) is 2.28. The van der Waals surface area contributed by atoms with Crippen LogP contribution in [0, 0.1) is 11.8 Å². The van der Waals surface area contributed by atoms with Gasteiger partial charge >= 0.3 is 0 Å². The molecule has 0 bridgehead atoms. The van der Waals surface area contributed by atoms with E-state index in [2.05, 4.69) is 10.0 Å². The molecule has 2 aliphatic rings. The molecule has 0 aliphatic carbocycles. The quantitative estimate of drug-likeness (QED) is 0.639. The summed E-state index contributed by atoms with van der Waals surface area (Å²) in [5.41, 5.74) is 0. The van der Waals surface area contributed by atoms with Crippen molar-refractivity contribution in [1.82, 2.24) is 14.3 Å². The van der Waals surface area contributed by atoms with Crippen LogP contribution in [0.25, 0.3) is 0 Å². The zero-order valence-corrected chi connectivity index (χ0v) is 9.18. The van der Waals surface area contributed by atoms with E-state index in [4.69, 9.17) is 0 Å². The van der Waals surface area contributed by atoms with Gasteiger partial charge in [-0.15, -0.1) is 0 Å². The van der Waals surface area contributed by atoms with Gasteiger partial charge in [0.1, 0.15) is 0 Å². The van der Waals surface area contributed by atoms with E-state index >= 15 is 0 Å².